The smallest absolute Gasteiger partial charge is 0.213 e. The molecule has 3 aromatic heterocycles. The fraction of sp³-hybridized carbons (Fsp3) is 0.133. The highest BCUT2D eigenvalue weighted by molar-refractivity contribution is 7.16. The molecule has 1 atom stereocenters. The van der Waals surface area contributed by atoms with Crippen LogP contribution in [0.1, 0.15) is 15.8 Å². The van der Waals surface area contributed by atoms with Crippen molar-refractivity contribution in [3.63, 3.8) is 0 Å². The first-order valence-electron chi connectivity index (χ1n) is 6.31. The van der Waals surface area contributed by atoms with E-state index in [0.29, 0.717) is 5.88 Å². The van der Waals surface area contributed by atoms with Crippen molar-refractivity contribution in [2.45, 2.75) is 6.04 Å². The second-order valence-electron chi connectivity index (χ2n) is 4.32. The van der Waals surface area contributed by atoms with Crippen LogP contribution in [0.25, 0.3) is 0 Å². The number of thiophene rings is 2. The first-order valence-corrected chi connectivity index (χ1v) is 8.39. The minimum Gasteiger partial charge on any atom is -0.481 e. The Morgan fingerprint density at radius 2 is 2.10 bits per heavy atom. The number of nitrogens with zero attached hydrogens (tertiary/aromatic N) is 1. The summed E-state index contributed by atoms with van der Waals surface area (Å²) in [7, 11) is 1.61. The van der Waals surface area contributed by atoms with Gasteiger partial charge in [0.1, 0.15) is 0 Å². The van der Waals surface area contributed by atoms with E-state index >= 15 is 0 Å². The average molecular weight is 337 g/mol. The summed E-state index contributed by atoms with van der Waals surface area (Å²) >= 11 is 9.38. The number of aromatic nitrogens is 1. The van der Waals surface area contributed by atoms with Gasteiger partial charge in [0.2, 0.25) is 5.88 Å². The summed E-state index contributed by atoms with van der Waals surface area (Å²) in [6, 6.07) is 12.0. The highest BCUT2D eigenvalue weighted by Gasteiger charge is 2.17. The van der Waals surface area contributed by atoms with Crippen LogP contribution in [-0.4, -0.2) is 12.1 Å². The molecule has 3 aromatic rings. The molecule has 0 radical (unpaired) electrons. The van der Waals surface area contributed by atoms with Crippen LogP contribution in [0.2, 0.25) is 4.34 Å². The summed E-state index contributed by atoms with van der Waals surface area (Å²) in [5.41, 5.74) is 0.943. The Kier molecular flexibility index (Phi) is 4.43. The molecule has 0 aliphatic carbocycles. The van der Waals surface area contributed by atoms with Crippen molar-refractivity contribution in [1.82, 2.24) is 4.98 Å². The minimum absolute atomic E-state index is 0.0812. The number of hydrogen-bond acceptors (Lipinski definition) is 5. The molecule has 0 bridgehead atoms. The Bertz CT molecular complexity index is 695. The van der Waals surface area contributed by atoms with Crippen LogP contribution in [0, 0.1) is 0 Å². The van der Waals surface area contributed by atoms with E-state index in [1.807, 2.05) is 18.2 Å². The third kappa shape index (κ3) is 3.37. The van der Waals surface area contributed by atoms with Crippen molar-refractivity contribution in [2.24, 2.45) is 0 Å². The van der Waals surface area contributed by atoms with Gasteiger partial charge < -0.3 is 10.1 Å². The third-order valence-corrected chi connectivity index (χ3v) is 5.20. The van der Waals surface area contributed by atoms with Gasteiger partial charge in [-0.05, 0) is 29.6 Å². The van der Waals surface area contributed by atoms with E-state index in [9.17, 15) is 0 Å². The number of rotatable bonds is 5. The molecule has 108 valence electrons. The van der Waals surface area contributed by atoms with Gasteiger partial charge in [0.15, 0.2) is 0 Å². The van der Waals surface area contributed by atoms with Crippen molar-refractivity contribution < 1.29 is 4.74 Å². The average Bonchev–Trinajstić information content (AvgIpc) is 3.17. The van der Waals surface area contributed by atoms with Crippen LogP contribution in [0.15, 0.2) is 48.0 Å². The Morgan fingerprint density at radius 1 is 1.19 bits per heavy atom. The molecular formula is C15H13ClN2OS2. The van der Waals surface area contributed by atoms with E-state index in [1.54, 1.807) is 36.0 Å². The van der Waals surface area contributed by atoms with Gasteiger partial charge in [0.25, 0.3) is 0 Å². The maximum absolute atomic E-state index is 6.07. The quantitative estimate of drug-likeness (QED) is 0.706. The van der Waals surface area contributed by atoms with Gasteiger partial charge in [-0.25, -0.2) is 4.98 Å². The standard InChI is InChI=1S/C15H13ClN2OS2/c1-19-14-7-4-10(9-17-14)18-15(11-3-2-8-20-11)12-5-6-13(16)21-12/h2-9,15,18H,1H3. The maximum Gasteiger partial charge on any atom is 0.213 e. The maximum atomic E-state index is 6.07. The Labute approximate surface area is 136 Å². The van der Waals surface area contributed by atoms with Gasteiger partial charge in [-0.1, -0.05) is 17.7 Å². The molecule has 0 aliphatic heterocycles. The van der Waals surface area contributed by atoms with E-state index in [-0.39, 0.29) is 6.04 Å². The molecule has 3 nitrogen and oxygen atoms in total. The topological polar surface area (TPSA) is 34.1 Å². The number of hydrogen-bond donors (Lipinski definition) is 1. The lowest BCUT2D eigenvalue weighted by atomic mass is 10.2. The van der Waals surface area contributed by atoms with Gasteiger partial charge >= 0.3 is 0 Å². The zero-order valence-corrected chi connectivity index (χ0v) is 13.6. The Morgan fingerprint density at radius 3 is 2.67 bits per heavy atom. The minimum atomic E-state index is 0.0812. The number of halogens is 1. The first kappa shape index (κ1) is 14.4. The van der Waals surface area contributed by atoms with Gasteiger partial charge in [-0.2, -0.15) is 0 Å². The van der Waals surface area contributed by atoms with Crippen molar-refractivity contribution in [1.29, 1.82) is 0 Å². The number of ether oxygens (including phenoxy) is 1. The largest absolute Gasteiger partial charge is 0.481 e. The lowest BCUT2D eigenvalue weighted by Gasteiger charge is -2.17. The molecule has 3 rings (SSSR count). The third-order valence-electron chi connectivity index (χ3n) is 2.96. The Balaban J connectivity index is 1.88. The number of pyridine rings is 1. The molecular weight excluding hydrogens is 324 g/mol. The van der Waals surface area contributed by atoms with Crippen LogP contribution in [0.3, 0.4) is 0 Å². The molecule has 1 N–H and O–H groups in total. The SMILES string of the molecule is COc1ccc(NC(c2cccs2)c2ccc(Cl)s2)cn1. The summed E-state index contributed by atoms with van der Waals surface area (Å²) in [4.78, 5) is 6.65. The zero-order chi connectivity index (χ0) is 14.7. The summed E-state index contributed by atoms with van der Waals surface area (Å²) in [5, 5.41) is 5.58. The molecule has 6 heteroatoms. The lowest BCUT2D eigenvalue weighted by Crippen LogP contribution is -2.09. The molecule has 0 aromatic carbocycles. The lowest BCUT2D eigenvalue weighted by molar-refractivity contribution is 0.398. The Hall–Kier alpha value is -1.56. The number of nitrogens with one attached hydrogen (secondary N) is 1. The summed E-state index contributed by atoms with van der Waals surface area (Å²) in [6.07, 6.45) is 1.77. The molecule has 0 spiro atoms. The van der Waals surface area contributed by atoms with Crippen LogP contribution in [-0.2, 0) is 0 Å². The molecule has 0 fully saturated rings. The van der Waals surface area contributed by atoms with Crippen molar-refractivity contribution >= 4 is 40.0 Å². The van der Waals surface area contributed by atoms with Gasteiger partial charge in [0.05, 0.1) is 29.4 Å². The molecule has 0 amide bonds. The van der Waals surface area contributed by atoms with Crippen LogP contribution in [0.5, 0.6) is 5.88 Å². The summed E-state index contributed by atoms with van der Waals surface area (Å²) in [5.74, 6) is 0.604. The zero-order valence-electron chi connectivity index (χ0n) is 11.2. The van der Waals surface area contributed by atoms with Gasteiger partial charge in [-0.3, -0.25) is 0 Å². The second kappa shape index (κ2) is 6.47. The van der Waals surface area contributed by atoms with Crippen molar-refractivity contribution in [3.05, 3.63) is 62.1 Å². The van der Waals surface area contributed by atoms with Crippen LogP contribution >= 0.6 is 34.3 Å². The normalized spacial score (nSPS) is 12.1. The highest BCUT2D eigenvalue weighted by atomic mass is 35.5. The molecule has 0 aliphatic rings. The fourth-order valence-corrected chi connectivity index (χ4v) is 3.97. The molecule has 0 saturated carbocycles. The van der Waals surface area contributed by atoms with E-state index in [4.69, 9.17) is 16.3 Å². The van der Waals surface area contributed by atoms with Gasteiger partial charge in [0, 0.05) is 15.8 Å². The van der Waals surface area contributed by atoms with Crippen molar-refractivity contribution in [3.8, 4) is 5.88 Å². The fourth-order valence-electron chi connectivity index (χ4n) is 1.97. The van der Waals surface area contributed by atoms with E-state index in [2.05, 4.69) is 33.9 Å². The van der Waals surface area contributed by atoms with Crippen LogP contribution < -0.4 is 10.1 Å². The predicted octanol–water partition coefficient (Wildman–Crippen LogP) is 5.07. The molecule has 3 heterocycles. The molecule has 0 saturated heterocycles. The number of methoxy groups -OCH3 is 1. The van der Waals surface area contributed by atoms with E-state index in [0.717, 1.165) is 10.0 Å². The monoisotopic (exact) mass is 336 g/mol. The van der Waals surface area contributed by atoms with Crippen LogP contribution in [0.4, 0.5) is 5.69 Å². The summed E-state index contributed by atoms with van der Waals surface area (Å²) < 4.78 is 5.87. The van der Waals surface area contributed by atoms with E-state index in [1.165, 1.54) is 9.75 Å². The second-order valence-corrected chi connectivity index (χ2v) is 7.05. The number of anilines is 1. The van der Waals surface area contributed by atoms with Crippen molar-refractivity contribution in [2.75, 3.05) is 12.4 Å². The molecule has 1 unspecified atom stereocenters. The highest BCUT2D eigenvalue weighted by Crippen LogP contribution is 2.35. The summed E-state index contributed by atoms with van der Waals surface area (Å²) in [6.45, 7) is 0. The predicted molar refractivity (Wildman–Crippen MR) is 89.9 cm³/mol. The van der Waals surface area contributed by atoms with E-state index < -0.39 is 0 Å². The first-order chi connectivity index (χ1) is 10.3. The van der Waals surface area contributed by atoms with Gasteiger partial charge in [-0.15, -0.1) is 22.7 Å². The molecule has 21 heavy (non-hydrogen) atoms.